The van der Waals surface area contributed by atoms with E-state index in [2.05, 4.69) is 9.97 Å². The van der Waals surface area contributed by atoms with Crippen LogP contribution in [-0.2, 0) is 4.74 Å². The minimum absolute atomic E-state index is 0.160. The summed E-state index contributed by atoms with van der Waals surface area (Å²) in [6.45, 7) is 1.82. The van der Waals surface area contributed by atoms with Gasteiger partial charge in [0.15, 0.2) is 0 Å². The number of aromatic amines is 1. The van der Waals surface area contributed by atoms with Crippen LogP contribution in [0, 0.1) is 5.82 Å². The molecule has 0 spiro atoms. The fourth-order valence-electron chi connectivity index (χ4n) is 1.50. The zero-order valence-electron chi connectivity index (χ0n) is 10.1. The van der Waals surface area contributed by atoms with Gasteiger partial charge < -0.3 is 9.72 Å². The van der Waals surface area contributed by atoms with Crippen molar-refractivity contribution in [2.45, 2.75) is 6.92 Å². The molecule has 0 saturated heterocycles. The number of esters is 1. The molecular formula is C13H11FN2O3. The van der Waals surface area contributed by atoms with Crippen LogP contribution in [0.2, 0.25) is 0 Å². The largest absolute Gasteiger partial charge is 0.462 e. The second-order valence-corrected chi connectivity index (χ2v) is 3.70. The predicted octanol–water partition coefficient (Wildman–Crippen LogP) is 1.75. The molecule has 98 valence electrons. The minimum atomic E-state index is -0.720. The molecule has 19 heavy (non-hydrogen) atoms. The Balaban J connectivity index is 2.36. The van der Waals surface area contributed by atoms with Crippen molar-refractivity contribution in [2.24, 2.45) is 0 Å². The molecule has 2 aromatic rings. The number of carbonyl (C=O) groups excluding carboxylic acids is 1. The number of hydrogen-bond donors (Lipinski definition) is 1. The number of carbonyl (C=O) groups is 1. The molecule has 5 nitrogen and oxygen atoms in total. The van der Waals surface area contributed by atoms with E-state index in [-0.39, 0.29) is 23.8 Å². The normalized spacial score (nSPS) is 10.2. The summed E-state index contributed by atoms with van der Waals surface area (Å²) in [5.41, 5.74) is -0.200. The van der Waals surface area contributed by atoms with Crippen LogP contribution in [0.25, 0.3) is 11.4 Å². The molecule has 0 atom stereocenters. The fraction of sp³-hybridized carbons (Fsp3) is 0.154. The maximum Gasteiger partial charge on any atom is 0.345 e. The molecule has 0 unspecified atom stereocenters. The van der Waals surface area contributed by atoms with E-state index in [1.807, 2.05) is 0 Å². The van der Waals surface area contributed by atoms with Gasteiger partial charge in [-0.1, -0.05) is 0 Å². The highest BCUT2D eigenvalue weighted by Gasteiger charge is 2.13. The van der Waals surface area contributed by atoms with Crippen molar-refractivity contribution in [3.05, 3.63) is 52.2 Å². The van der Waals surface area contributed by atoms with Gasteiger partial charge in [-0.2, -0.15) is 0 Å². The number of halogens is 1. The number of benzene rings is 1. The summed E-state index contributed by atoms with van der Waals surface area (Å²) in [5, 5.41) is 0. The first-order valence-electron chi connectivity index (χ1n) is 5.64. The number of nitrogens with one attached hydrogen (secondary N) is 1. The lowest BCUT2D eigenvalue weighted by atomic mass is 10.2. The first-order valence-corrected chi connectivity index (χ1v) is 5.64. The number of aromatic nitrogens is 2. The van der Waals surface area contributed by atoms with Gasteiger partial charge in [-0.05, 0) is 31.2 Å². The van der Waals surface area contributed by atoms with Crippen LogP contribution >= 0.6 is 0 Å². The lowest BCUT2D eigenvalue weighted by Gasteiger charge is -2.03. The minimum Gasteiger partial charge on any atom is -0.462 e. The summed E-state index contributed by atoms with van der Waals surface area (Å²) >= 11 is 0. The Bertz CT molecular complexity index is 650. The van der Waals surface area contributed by atoms with Gasteiger partial charge >= 0.3 is 5.97 Å². The Morgan fingerprint density at radius 2 is 2.05 bits per heavy atom. The van der Waals surface area contributed by atoms with Crippen molar-refractivity contribution >= 4 is 5.97 Å². The van der Waals surface area contributed by atoms with Crippen LogP contribution in [0.3, 0.4) is 0 Å². The molecule has 0 aliphatic heterocycles. The molecule has 6 heteroatoms. The SMILES string of the molecule is CCOC(=O)c1cnc(-c2ccc(F)cc2)[nH]c1=O. The summed E-state index contributed by atoms with van der Waals surface area (Å²) < 4.78 is 17.5. The van der Waals surface area contributed by atoms with Crippen LogP contribution in [0.4, 0.5) is 4.39 Å². The third kappa shape index (κ3) is 2.85. The van der Waals surface area contributed by atoms with Crippen LogP contribution in [0.1, 0.15) is 17.3 Å². The summed E-state index contributed by atoms with van der Waals surface area (Å²) in [5.74, 6) is -0.839. The second kappa shape index (κ2) is 5.43. The molecule has 1 aromatic heterocycles. The van der Waals surface area contributed by atoms with E-state index < -0.39 is 11.5 Å². The van der Waals surface area contributed by atoms with Gasteiger partial charge in [-0.15, -0.1) is 0 Å². The maximum atomic E-state index is 12.8. The summed E-state index contributed by atoms with van der Waals surface area (Å²) in [7, 11) is 0. The van der Waals surface area contributed by atoms with E-state index in [0.717, 1.165) is 6.20 Å². The molecular weight excluding hydrogens is 251 g/mol. The van der Waals surface area contributed by atoms with Crippen molar-refractivity contribution in [3.63, 3.8) is 0 Å². The number of hydrogen-bond acceptors (Lipinski definition) is 4. The summed E-state index contributed by atoms with van der Waals surface area (Å²) in [6.07, 6.45) is 1.15. The summed E-state index contributed by atoms with van der Waals surface area (Å²) in [4.78, 5) is 29.6. The zero-order valence-corrected chi connectivity index (χ0v) is 10.1. The molecule has 2 rings (SSSR count). The quantitative estimate of drug-likeness (QED) is 0.855. The van der Waals surface area contributed by atoms with Crippen molar-refractivity contribution in [1.82, 2.24) is 9.97 Å². The van der Waals surface area contributed by atoms with Gasteiger partial charge in [0, 0.05) is 11.8 Å². The molecule has 0 bridgehead atoms. The van der Waals surface area contributed by atoms with Gasteiger partial charge in [-0.25, -0.2) is 14.2 Å². The molecule has 1 aromatic carbocycles. The van der Waals surface area contributed by atoms with E-state index >= 15 is 0 Å². The Morgan fingerprint density at radius 1 is 1.37 bits per heavy atom. The molecule has 0 fully saturated rings. The molecule has 1 heterocycles. The third-order valence-corrected chi connectivity index (χ3v) is 2.41. The Labute approximate surface area is 108 Å². The monoisotopic (exact) mass is 262 g/mol. The smallest absolute Gasteiger partial charge is 0.345 e. The molecule has 0 aliphatic carbocycles. The molecule has 1 N–H and O–H groups in total. The van der Waals surface area contributed by atoms with Gasteiger partial charge in [-0.3, -0.25) is 4.79 Å². The van der Waals surface area contributed by atoms with E-state index in [1.54, 1.807) is 6.92 Å². The van der Waals surface area contributed by atoms with Crippen molar-refractivity contribution in [3.8, 4) is 11.4 Å². The second-order valence-electron chi connectivity index (χ2n) is 3.70. The van der Waals surface area contributed by atoms with E-state index in [0.29, 0.717) is 5.56 Å². The lowest BCUT2D eigenvalue weighted by Crippen LogP contribution is -2.20. The number of H-pyrrole nitrogens is 1. The maximum absolute atomic E-state index is 12.8. The number of ether oxygens (including phenoxy) is 1. The third-order valence-electron chi connectivity index (χ3n) is 2.41. The average Bonchev–Trinajstić information content (AvgIpc) is 2.39. The van der Waals surface area contributed by atoms with E-state index in [9.17, 15) is 14.0 Å². The highest BCUT2D eigenvalue weighted by molar-refractivity contribution is 5.88. The number of nitrogens with zero attached hydrogens (tertiary/aromatic N) is 1. The standard InChI is InChI=1S/C13H11FN2O3/c1-2-19-13(18)10-7-15-11(16-12(10)17)8-3-5-9(14)6-4-8/h3-7H,2H2,1H3,(H,15,16,17). The predicted molar refractivity (Wildman–Crippen MR) is 66.2 cm³/mol. The van der Waals surface area contributed by atoms with Crippen LogP contribution < -0.4 is 5.56 Å². The van der Waals surface area contributed by atoms with Crippen molar-refractivity contribution in [1.29, 1.82) is 0 Å². The molecule has 0 saturated carbocycles. The van der Waals surface area contributed by atoms with Gasteiger partial charge in [0.25, 0.3) is 5.56 Å². The van der Waals surface area contributed by atoms with E-state index in [1.165, 1.54) is 24.3 Å². The lowest BCUT2D eigenvalue weighted by molar-refractivity contribution is 0.0524. The first-order chi connectivity index (χ1) is 9.11. The van der Waals surface area contributed by atoms with E-state index in [4.69, 9.17) is 4.74 Å². The molecule has 0 amide bonds. The Kier molecular flexibility index (Phi) is 3.70. The van der Waals surface area contributed by atoms with Crippen LogP contribution in [0.5, 0.6) is 0 Å². The van der Waals surface area contributed by atoms with Crippen molar-refractivity contribution in [2.75, 3.05) is 6.61 Å². The zero-order chi connectivity index (χ0) is 13.8. The molecule has 0 radical (unpaired) electrons. The fourth-order valence-corrected chi connectivity index (χ4v) is 1.50. The highest BCUT2D eigenvalue weighted by atomic mass is 19.1. The summed E-state index contributed by atoms with van der Waals surface area (Å²) in [6, 6.07) is 5.48. The van der Waals surface area contributed by atoms with Gasteiger partial charge in [0.05, 0.1) is 6.61 Å². The topological polar surface area (TPSA) is 72.0 Å². The van der Waals surface area contributed by atoms with Crippen LogP contribution in [0.15, 0.2) is 35.3 Å². The average molecular weight is 262 g/mol. The first kappa shape index (κ1) is 12.9. The number of rotatable bonds is 3. The van der Waals surface area contributed by atoms with Crippen LogP contribution in [-0.4, -0.2) is 22.5 Å². The Hall–Kier alpha value is -2.50. The Morgan fingerprint density at radius 3 is 2.63 bits per heavy atom. The molecule has 0 aliphatic rings. The van der Waals surface area contributed by atoms with Gasteiger partial charge in [0.1, 0.15) is 17.2 Å². The van der Waals surface area contributed by atoms with Crippen molar-refractivity contribution < 1.29 is 13.9 Å². The van der Waals surface area contributed by atoms with Gasteiger partial charge in [0.2, 0.25) is 0 Å². The highest BCUT2D eigenvalue weighted by Crippen LogP contribution is 2.13.